The van der Waals surface area contributed by atoms with Gasteiger partial charge in [0.05, 0.1) is 0 Å². The van der Waals surface area contributed by atoms with Gasteiger partial charge >= 0.3 is 0 Å². The van der Waals surface area contributed by atoms with Crippen LogP contribution in [0.2, 0.25) is 0 Å². The monoisotopic (exact) mass is 374 g/mol. The Hall–Kier alpha value is -2.70. The molecule has 0 N–H and O–H groups in total. The van der Waals surface area contributed by atoms with Crippen molar-refractivity contribution in [1.29, 1.82) is 0 Å². The first-order chi connectivity index (χ1) is 13.1. The van der Waals surface area contributed by atoms with Crippen molar-refractivity contribution in [2.45, 2.75) is 13.3 Å². The molecule has 3 rings (SSSR count). The molecule has 27 heavy (non-hydrogen) atoms. The second-order valence-corrected chi connectivity index (χ2v) is 6.48. The molecule has 7 heteroatoms. The van der Waals surface area contributed by atoms with Crippen molar-refractivity contribution in [1.82, 2.24) is 9.88 Å². The van der Waals surface area contributed by atoms with Gasteiger partial charge in [-0.05, 0) is 31.2 Å². The van der Waals surface area contributed by atoms with Crippen LogP contribution in [0.4, 0.5) is 20.3 Å². The van der Waals surface area contributed by atoms with E-state index in [1.807, 2.05) is 34.9 Å². The quantitative estimate of drug-likeness (QED) is 0.780. The number of amides is 1. The molecule has 1 aromatic carbocycles. The molecule has 0 unspecified atom stereocenters. The van der Waals surface area contributed by atoms with Crippen LogP contribution in [-0.4, -0.2) is 55.1 Å². The third-order valence-electron chi connectivity index (χ3n) is 4.85. The molecule has 1 saturated heterocycles. The molecule has 1 amide bonds. The average molecular weight is 374 g/mol. The van der Waals surface area contributed by atoms with E-state index in [1.165, 1.54) is 12.1 Å². The van der Waals surface area contributed by atoms with Gasteiger partial charge in [0.1, 0.15) is 5.82 Å². The van der Waals surface area contributed by atoms with E-state index >= 15 is 0 Å². The summed E-state index contributed by atoms with van der Waals surface area (Å²) in [5, 5.41) is 0. The van der Waals surface area contributed by atoms with E-state index in [9.17, 15) is 13.6 Å². The van der Waals surface area contributed by atoms with Crippen molar-refractivity contribution in [2.75, 3.05) is 49.1 Å². The largest absolute Gasteiger partial charge is 0.371 e. The van der Waals surface area contributed by atoms with Gasteiger partial charge in [0.2, 0.25) is 5.91 Å². The molecular weight excluding hydrogens is 350 g/mol. The van der Waals surface area contributed by atoms with E-state index in [4.69, 9.17) is 0 Å². The van der Waals surface area contributed by atoms with Crippen molar-refractivity contribution < 1.29 is 13.6 Å². The number of benzene rings is 1. The molecule has 144 valence electrons. The normalized spacial score (nSPS) is 14.3. The van der Waals surface area contributed by atoms with E-state index < -0.39 is 11.6 Å². The summed E-state index contributed by atoms with van der Waals surface area (Å²) in [7, 11) is 0. The first-order valence-corrected chi connectivity index (χ1v) is 9.22. The number of piperazine rings is 1. The van der Waals surface area contributed by atoms with Crippen LogP contribution in [0.3, 0.4) is 0 Å². The predicted molar refractivity (Wildman–Crippen MR) is 102 cm³/mol. The van der Waals surface area contributed by atoms with Crippen molar-refractivity contribution in [2.24, 2.45) is 0 Å². The molecule has 0 aliphatic carbocycles. The van der Waals surface area contributed by atoms with Crippen LogP contribution in [0.25, 0.3) is 0 Å². The number of halogens is 2. The van der Waals surface area contributed by atoms with Crippen LogP contribution in [-0.2, 0) is 4.79 Å². The Morgan fingerprint density at radius 2 is 1.89 bits per heavy atom. The van der Waals surface area contributed by atoms with Gasteiger partial charge < -0.3 is 14.7 Å². The second kappa shape index (κ2) is 8.79. The minimum absolute atomic E-state index is 0.0803. The number of pyridine rings is 1. The van der Waals surface area contributed by atoms with Crippen LogP contribution in [0, 0.1) is 11.6 Å². The van der Waals surface area contributed by atoms with E-state index in [2.05, 4.69) is 9.88 Å². The van der Waals surface area contributed by atoms with Crippen LogP contribution < -0.4 is 9.80 Å². The number of anilines is 2. The summed E-state index contributed by atoms with van der Waals surface area (Å²) in [5.74, 6) is -0.726. The van der Waals surface area contributed by atoms with Crippen molar-refractivity contribution in [3.05, 3.63) is 54.2 Å². The lowest BCUT2D eigenvalue weighted by molar-refractivity contribution is -0.131. The topological polar surface area (TPSA) is 39.7 Å². The summed E-state index contributed by atoms with van der Waals surface area (Å²) in [6.45, 7) is 5.84. The number of carbonyl (C=O) groups excluding carboxylic acids is 1. The Kier molecular flexibility index (Phi) is 6.21. The van der Waals surface area contributed by atoms with Crippen molar-refractivity contribution >= 4 is 17.4 Å². The molecule has 2 aromatic rings. The van der Waals surface area contributed by atoms with Gasteiger partial charge in [-0.15, -0.1) is 0 Å². The summed E-state index contributed by atoms with van der Waals surface area (Å²) in [6, 6.07) is 9.64. The molecule has 2 heterocycles. The van der Waals surface area contributed by atoms with E-state index in [0.29, 0.717) is 38.3 Å². The lowest BCUT2D eigenvalue weighted by Gasteiger charge is -2.36. The van der Waals surface area contributed by atoms with Crippen LogP contribution >= 0.6 is 0 Å². The predicted octanol–water partition coefficient (Wildman–Crippen LogP) is 2.93. The highest BCUT2D eigenvalue weighted by molar-refractivity contribution is 5.77. The Bertz CT molecular complexity index is 764. The van der Waals surface area contributed by atoms with Crippen LogP contribution in [0.1, 0.15) is 13.3 Å². The SMILES string of the molecule is CCN(CCC(=O)N1CCN(c2ccccn2)CC1)c1ccc(F)c(F)c1. The second-order valence-electron chi connectivity index (χ2n) is 6.48. The van der Waals surface area contributed by atoms with Crippen molar-refractivity contribution in [3.8, 4) is 0 Å². The molecule has 1 aromatic heterocycles. The van der Waals surface area contributed by atoms with E-state index in [-0.39, 0.29) is 5.91 Å². The number of nitrogens with zero attached hydrogens (tertiary/aromatic N) is 4. The van der Waals surface area contributed by atoms with E-state index in [1.54, 1.807) is 6.20 Å². The van der Waals surface area contributed by atoms with Crippen LogP contribution in [0.15, 0.2) is 42.6 Å². The van der Waals surface area contributed by atoms with Crippen molar-refractivity contribution in [3.63, 3.8) is 0 Å². The Morgan fingerprint density at radius 3 is 2.52 bits per heavy atom. The first-order valence-electron chi connectivity index (χ1n) is 9.22. The number of hydrogen-bond acceptors (Lipinski definition) is 4. The minimum Gasteiger partial charge on any atom is -0.371 e. The average Bonchev–Trinajstić information content (AvgIpc) is 2.71. The number of aromatic nitrogens is 1. The Morgan fingerprint density at radius 1 is 1.11 bits per heavy atom. The number of rotatable bonds is 6. The van der Waals surface area contributed by atoms with Crippen LogP contribution in [0.5, 0.6) is 0 Å². The zero-order valence-corrected chi connectivity index (χ0v) is 15.4. The zero-order valence-electron chi connectivity index (χ0n) is 15.4. The molecule has 1 aliphatic heterocycles. The van der Waals surface area contributed by atoms with Gasteiger partial charge in [-0.2, -0.15) is 0 Å². The third-order valence-corrected chi connectivity index (χ3v) is 4.85. The molecule has 1 aliphatic rings. The summed E-state index contributed by atoms with van der Waals surface area (Å²) in [5.41, 5.74) is 0.587. The maximum Gasteiger partial charge on any atom is 0.224 e. The fourth-order valence-electron chi connectivity index (χ4n) is 3.27. The number of carbonyl (C=O) groups is 1. The molecule has 0 saturated carbocycles. The molecule has 0 bridgehead atoms. The number of hydrogen-bond donors (Lipinski definition) is 0. The van der Waals surface area contributed by atoms with Gasteiger partial charge in [0, 0.05) is 63.6 Å². The van der Waals surface area contributed by atoms with Gasteiger partial charge in [-0.3, -0.25) is 4.79 Å². The summed E-state index contributed by atoms with van der Waals surface area (Å²) in [4.78, 5) is 22.8. The third kappa shape index (κ3) is 4.72. The summed E-state index contributed by atoms with van der Waals surface area (Å²) < 4.78 is 26.6. The highest BCUT2D eigenvalue weighted by atomic mass is 19.2. The van der Waals surface area contributed by atoms with Gasteiger partial charge in [-0.1, -0.05) is 6.07 Å². The summed E-state index contributed by atoms with van der Waals surface area (Å²) in [6.07, 6.45) is 2.11. The van der Waals surface area contributed by atoms with Gasteiger partial charge in [0.25, 0.3) is 0 Å². The zero-order chi connectivity index (χ0) is 19.2. The molecule has 5 nitrogen and oxygen atoms in total. The lowest BCUT2D eigenvalue weighted by Crippen LogP contribution is -2.49. The molecular formula is C20H24F2N4O. The van der Waals surface area contributed by atoms with Gasteiger partial charge in [-0.25, -0.2) is 13.8 Å². The molecule has 0 radical (unpaired) electrons. The highest BCUT2D eigenvalue weighted by Gasteiger charge is 2.22. The fraction of sp³-hybridized carbons (Fsp3) is 0.400. The van der Waals surface area contributed by atoms with Gasteiger partial charge in [0.15, 0.2) is 11.6 Å². The van der Waals surface area contributed by atoms with E-state index in [0.717, 1.165) is 25.0 Å². The Balaban J connectivity index is 1.51. The molecule has 1 fully saturated rings. The maximum absolute atomic E-state index is 13.5. The molecule has 0 atom stereocenters. The standard InChI is InChI=1S/C20H24F2N4O/c1-2-24(16-6-7-17(21)18(22)15-16)10-8-20(27)26-13-11-25(12-14-26)19-5-3-4-9-23-19/h3-7,9,15H,2,8,10-14H2,1H3. The summed E-state index contributed by atoms with van der Waals surface area (Å²) >= 11 is 0. The minimum atomic E-state index is -0.872. The fourth-order valence-corrected chi connectivity index (χ4v) is 3.27. The molecule has 0 spiro atoms. The lowest BCUT2D eigenvalue weighted by atomic mass is 10.2. The highest BCUT2D eigenvalue weighted by Crippen LogP contribution is 2.19. The smallest absolute Gasteiger partial charge is 0.224 e. The first kappa shape index (κ1) is 19.1. The Labute approximate surface area is 158 Å². The maximum atomic E-state index is 13.5.